The van der Waals surface area contributed by atoms with Gasteiger partial charge in [-0.3, -0.25) is 0 Å². The van der Waals surface area contributed by atoms with Crippen LogP contribution < -0.4 is 5.32 Å². The van der Waals surface area contributed by atoms with Crippen LogP contribution in [0.1, 0.15) is 54.3 Å². The summed E-state index contributed by atoms with van der Waals surface area (Å²) in [7, 11) is 0. The molecule has 3 rings (SSSR count). The van der Waals surface area contributed by atoms with Crippen LogP contribution in [-0.4, -0.2) is 0 Å². The quantitative estimate of drug-likeness (QED) is 0.883. The Labute approximate surface area is 114 Å². The van der Waals surface area contributed by atoms with E-state index >= 15 is 0 Å². The summed E-state index contributed by atoms with van der Waals surface area (Å²) < 4.78 is 5.55. The average molecular weight is 255 g/mol. The lowest BCUT2D eigenvalue weighted by molar-refractivity contribution is 0.385. The molecule has 1 aliphatic carbocycles. The first kappa shape index (κ1) is 12.5. The second-order valence-electron chi connectivity index (χ2n) is 5.55. The Kier molecular flexibility index (Phi) is 3.43. The van der Waals surface area contributed by atoms with E-state index in [4.69, 9.17) is 4.42 Å². The van der Waals surface area contributed by atoms with E-state index in [1.165, 1.54) is 35.3 Å². The zero-order valence-electron chi connectivity index (χ0n) is 11.6. The number of hydrogen-bond donors (Lipinski definition) is 1. The fourth-order valence-corrected chi connectivity index (χ4v) is 3.00. The molecule has 0 fully saturated rings. The van der Waals surface area contributed by atoms with Crippen LogP contribution in [0.2, 0.25) is 0 Å². The minimum absolute atomic E-state index is 0.366. The van der Waals surface area contributed by atoms with E-state index in [9.17, 15) is 0 Å². The molecular weight excluding hydrogens is 234 g/mol. The molecule has 1 heterocycles. The summed E-state index contributed by atoms with van der Waals surface area (Å²) in [6, 6.07) is 11.6. The number of fused-ring (bicyclic) bond motifs is 1. The number of furan rings is 1. The van der Waals surface area contributed by atoms with Crippen molar-refractivity contribution in [2.24, 2.45) is 0 Å². The maximum Gasteiger partial charge on any atom is 0.108 e. The first-order valence-corrected chi connectivity index (χ1v) is 7.13. The zero-order valence-corrected chi connectivity index (χ0v) is 11.6. The van der Waals surface area contributed by atoms with Crippen molar-refractivity contribution in [1.82, 2.24) is 5.32 Å². The van der Waals surface area contributed by atoms with Gasteiger partial charge in [0.25, 0.3) is 0 Å². The smallest absolute Gasteiger partial charge is 0.108 e. The predicted octanol–water partition coefficient (Wildman–Crippen LogP) is 4.32. The lowest BCUT2D eigenvalue weighted by Crippen LogP contribution is -2.27. The third-order valence-corrected chi connectivity index (χ3v) is 4.05. The van der Waals surface area contributed by atoms with Crippen LogP contribution in [0.4, 0.5) is 0 Å². The van der Waals surface area contributed by atoms with Crippen molar-refractivity contribution < 1.29 is 4.42 Å². The molecule has 2 unspecified atom stereocenters. The van der Waals surface area contributed by atoms with E-state index in [-0.39, 0.29) is 0 Å². The van der Waals surface area contributed by atoms with Crippen molar-refractivity contribution in [3.8, 4) is 0 Å². The van der Waals surface area contributed by atoms with Gasteiger partial charge in [-0.25, -0.2) is 0 Å². The SMILES string of the molecule is Cc1cccc(C(C)NC2CCCc3occc32)c1. The number of benzene rings is 1. The van der Waals surface area contributed by atoms with Gasteiger partial charge in [0.15, 0.2) is 0 Å². The van der Waals surface area contributed by atoms with Crippen LogP contribution in [-0.2, 0) is 6.42 Å². The summed E-state index contributed by atoms with van der Waals surface area (Å²) in [6.07, 6.45) is 5.31. The van der Waals surface area contributed by atoms with E-state index < -0.39 is 0 Å². The zero-order chi connectivity index (χ0) is 13.2. The summed E-state index contributed by atoms with van der Waals surface area (Å²) in [5, 5.41) is 3.74. The highest BCUT2D eigenvalue weighted by molar-refractivity contribution is 5.27. The molecular formula is C17H21NO. The number of aryl methyl sites for hydroxylation is 2. The molecule has 100 valence electrons. The van der Waals surface area contributed by atoms with Gasteiger partial charge < -0.3 is 9.73 Å². The molecule has 0 aliphatic heterocycles. The molecule has 2 atom stereocenters. The number of hydrogen-bond acceptors (Lipinski definition) is 2. The molecule has 0 amide bonds. The third-order valence-electron chi connectivity index (χ3n) is 4.05. The highest BCUT2D eigenvalue weighted by Gasteiger charge is 2.23. The van der Waals surface area contributed by atoms with Gasteiger partial charge in [-0.1, -0.05) is 29.8 Å². The van der Waals surface area contributed by atoms with Crippen LogP contribution in [0.3, 0.4) is 0 Å². The van der Waals surface area contributed by atoms with Crippen molar-refractivity contribution >= 4 is 0 Å². The van der Waals surface area contributed by atoms with Crippen molar-refractivity contribution in [2.45, 2.75) is 45.2 Å². The average Bonchev–Trinajstić information content (AvgIpc) is 2.88. The molecule has 0 radical (unpaired) electrons. The first-order valence-electron chi connectivity index (χ1n) is 7.13. The van der Waals surface area contributed by atoms with Gasteiger partial charge in [-0.15, -0.1) is 0 Å². The van der Waals surface area contributed by atoms with E-state index in [1.54, 1.807) is 0 Å². The summed E-state index contributed by atoms with van der Waals surface area (Å²) >= 11 is 0. The van der Waals surface area contributed by atoms with Crippen molar-refractivity contribution in [3.05, 3.63) is 59.0 Å². The monoisotopic (exact) mass is 255 g/mol. The van der Waals surface area contributed by atoms with Gasteiger partial charge in [0, 0.05) is 24.1 Å². The molecule has 1 aliphatic rings. The van der Waals surface area contributed by atoms with Crippen molar-refractivity contribution in [3.63, 3.8) is 0 Å². The van der Waals surface area contributed by atoms with Crippen LogP contribution in [0.15, 0.2) is 41.0 Å². The lowest BCUT2D eigenvalue weighted by atomic mass is 9.92. The molecule has 0 bridgehead atoms. The Hall–Kier alpha value is -1.54. The summed E-state index contributed by atoms with van der Waals surface area (Å²) in [5.41, 5.74) is 4.03. The van der Waals surface area contributed by atoms with Gasteiger partial charge in [-0.05, 0) is 38.3 Å². The summed E-state index contributed by atoms with van der Waals surface area (Å²) in [4.78, 5) is 0. The highest BCUT2D eigenvalue weighted by Crippen LogP contribution is 2.32. The molecule has 0 saturated heterocycles. The Morgan fingerprint density at radius 1 is 1.32 bits per heavy atom. The Morgan fingerprint density at radius 3 is 3.05 bits per heavy atom. The molecule has 1 aromatic carbocycles. The van der Waals surface area contributed by atoms with Crippen molar-refractivity contribution in [2.75, 3.05) is 0 Å². The highest BCUT2D eigenvalue weighted by atomic mass is 16.3. The van der Waals surface area contributed by atoms with E-state index in [1.807, 2.05) is 6.26 Å². The fraction of sp³-hybridized carbons (Fsp3) is 0.412. The van der Waals surface area contributed by atoms with Gasteiger partial charge >= 0.3 is 0 Å². The van der Waals surface area contributed by atoms with Gasteiger partial charge in [-0.2, -0.15) is 0 Å². The normalized spacial score (nSPS) is 20.0. The first-order chi connectivity index (χ1) is 9.24. The summed E-state index contributed by atoms with van der Waals surface area (Å²) in [5.74, 6) is 1.17. The minimum Gasteiger partial charge on any atom is -0.469 e. The van der Waals surface area contributed by atoms with Crippen LogP contribution in [0.25, 0.3) is 0 Å². The standard InChI is InChI=1S/C17H21NO/c1-12-5-3-6-14(11-12)13(2)18-16-7-4-8-17-15(16)9-10-19-17/h3,5-6,9-11,13,16,18H,4,7-8H2,1-2H3. The maximum absolute atomic E-state index is 5.55. The second kappa shape index (κ2) is 5.22. The molecule has 19 heavy (non-hydrogen) atoms. The Bertz CT molecular complexity index is 558. The Balaban J connectivity index is 1.76. The maximum atomic E-state index is 5.55. The van der Waals surface area contributed by atoms with Crippen LogP contribution in [0, 0.1) is 6.92 Å². The molecule has 2 nitrogen and oxygen atoms in total. The van der Waals surface area contributed by atoms with Crippen LogP contribution in [0.5, 0.6) is 0 Å². The molecule has 1 N–H and O–H groups in total. The number of rotatable bonds is 3. The number of nitrogens with one attached hydrogen (secondary N) is 1. The summed E-state index contributed by atoms with van der Waals surface area (Å²) in [6.45, 7) is 4.38. The predicted molar refractivity (Wildman–Crippen MR) is 77.1 cm³/mol. The minimum atomic E-state index is 0.366. The fourth-order valence-electron chi connectivity index (χ4n) is 3.00. The second-order valence-corrected chi connectivity index (χ2v) is 5.55. The van der Waals surface area contributed by atoms with E-state index in [2.05, 4.69) is 49.5 Å². The molecule has 2 aromatic rings. The Morgan fingerprint density at radius 2 is 2.21 bits per heavy atom. The molecule has 0 saturated carbocycles. The molecule has 1 aromatic heterocycles. The largest absolute Gasteiger partial charge is 0.469 e. The van der Waals surface area contributed by atoms with Gasteiger partial charge in [0.1, 0.15) is 5.76 Å². The molecule has 2 heteroatoms. The third kappa shape index (κ3) is 2.59. The van der Waals surface area contributed by atoms with Crippen molar-refractivity contribution in [1.29, 1.82) is 0 Å². The van der Waals surface area contributed by atoms with E-state index in [0.29, 0.717) is 12.1 Å². The van der Waals surface area contributed by atoms with Gasteiger partial charge in [0.05, 0.1) is 6.26 Å². The molecule has 0 spiro atoms. The van der Waals surface area contributed by atoms with Gasteiger partial charge in [0.2, 0.25) is 0 Å². The van der Waals surface area contributed by atoms with Crippen LogP contribution >= 0.6 is 0 Å². The van der Waals surface area contributed by atoms with E-state index in [0.717, 1.165) is 6.42 Å². The lowest BCUT2D eigenvalue weighted by Gasteiger charge is -2.26. The topological polar surface area (TPSA) is 25.2 Å².